The molecular weight excluding hydrogens is 269 g/mol. The highest BCUT2D eigenvalue weighted by Crippen LogP contribution is 2.62. The van der Waals surface area contributed by atoms with Crippen LogP contribution < -0.4 is 5.32 Å². The molecule has 0 aromatic heterocycles. The summed E-state index contributed by atoms with van der Waals surface area (Å²) in [5.74, 6) is -0.0536. The quantitative estimate of drug-likeness (QED) is 0.573. The van der Waals surface area contributed by atoms with Crippen LogP contribution in [0.25, 0.3) is 0 Å². The van der Waals surface area contributed by atoms with E-state index in [1.807, 2.05) is 6.92 Å². The maximum atomic E-state index is 11.8. The SMILES string of the molecule is CNC(=O)C(C)S[C@H](C)SP(=O)(OC)OC. The summed E-state index contributed by atoms with van der Waals surface area (Å²) in [7, 11) is 4.28. The Hall–Kier alpha value is 0.320. The van der Waals surface area contributed by atoms with Crippen molar-refractivity contribution in [1.82, 2.24) is 5.32 Å². The van der Waals surface area contributed by atoms with Crippen molar-refractivity contribution in [2.75, 3.05) is 21.3 Å². The number of carbonyl (C=O) groups excluding carboxylic acids is 1. The number of amides is 1. The molecule has 0 spiro atoms. The van der Waals surface area contributed by atoms with E-state index in [1.54, 1.807) is 14.0 Å². The lowest BCUT2D eigenvalue weighted by Gasteiger charge is -2.19. The van der Waals surface area contributed by atoms with Gasteiger partial charge in [0.15, 0.2) is 0 Å². The highest BCUT2D eigenvalue weighted by molar-refractivity contribution is 8.58. The Morgan fingerprint density at radius 1 is 1.31 bits per heavy atom. The van der Waals surface area contributed by atoms with Gasteiger partial charge in [0.05, 0.1) is 9.83 Å². The van der Waals surface area contributed by atoms with Crippen molar-refractivity contribution in [2.45, 2.75) is 23.7 Å². The molecular formula is C8H18NO4PS2. The first-order valence-electron chi connectivity index (χ1n) is 4.65. The minimum atomic E-state index is -3.07. The van der Waals surface area contributed by atoms with E-state index in [9.17, 15) is 9.36 Å². The molecule has 0 saturated heterocycles. The molecule has 1 amide bonds. The molecule has 0 rings (SSSR count). The van der Waals surface area contributed by atoms with Crippen molar-refractivity contribution in [1.29, 1.82) is 0 Å². The van der Waals surface area contributed by atoms with Crippen LogP contribution in [0.5, 0.6) is 0 Å². The Morgan fingerprint density at radius 3 is 2.19 bits per heavy atom. The Labute approximate surface area is 105 Å². The van der Waals surface area contributed by atoms with Gasteiger partial charge in [-0.3, -0.25) is 4.79 Å². The van der Waals surface area contributed by atoms with E-state index >= 15 is 0 Å². The van der Waals surface area contributed by atoms with Crippen molar-refractivity contribution in [3.8, 4) is 0 Å². The van der Waals surface area contributed by atoms with E-state index in [2.05, 4.69) is 5.32 Å². The fourth-order valence-corrected chi connectivity index (χ4v) is 6.12. The molecule has 1 unspecified atom stereocenters. The smallest absolute Gasteiger partial charge is 0.358 e. The standard InChI is InChI=1S/C8H18NO4PS2/c1-6(8(10)9-3)15-7(2)16-14(11,12-4)13-5/h6-7H,1-5H3,(H,9,10)/t6?,7-/m0/s1. The lowest BCUT2D eigenvalue weighted by molar-refractivity contribution is -0.119. The number of carbonyl (C=O) groups is 1. The summed E-state index contributed by atoms with van der Waals surface area (Å²) in [6.45, 7) is 0.589. The summed E-state index contributed by atoms with van der Waals surface area (Å²) in [6, 6.07) is 0. The van der Waals surface area contributed by atoms with Crippen molar-refractivity contribution < 1.29 is 18.4 Å². The molecule has 8 heteroatoms. The van der Waals surface area contributed by atoms with Crippen LogP contribution >= 0.6 is 29.9 Å². The van der Waals surface area contributed by atoms with Crippen molar-refractivity contribution in [3.63, 3.8) is 0 Å². The van der Waals surface area contributed by atoms with Gasteiger partial charge in [-0.1, -0.05) is 0 Å². The average Bonchev–Trinajstić information content (AvgIpc) is 2.27. The lowest BCUT2D eigenvalue weighted by atomic mass is 10.4. The fourth-order valence-electron chi connectivity index (χ4n) is 0.920. The first-order valence-corrected chi connectivity index (χ1v) is 8.62. The first-order chi connectivity index (χ1) is 7.38. The summed E-state index contributed by atoms with van der Waals surface area (Å²) in [6.07, 6.45) is 0. The summed E-state index contributed by atoms with van der Waals surface area (Å²) >= 11 is 2.51. The molecule has 5 nitrogen and oxygen atoms in total. The Balaban J connectivity index is 4.22. The second-order valence-electron chi connectivity index (χ2n) is 2.88. The third-order valence-electron chi connectivity index (χ3n) is 1.74. The number of nitrogens with one attached hydrogen (secondary N) is 1. The number of hydrogen-bond donors (Lipinski definition) is 1. The zero-order valence-corrected chi connectivity index (χ0v) is 12.6. The van der Waals surface area contributed by atoms with Gasteiger partial charge in [-0.25, -0.2) is 4.57 Å². The Bertz CT molecular complexity index is 269. The van der Waals surface area contributed by atoms with Gasteiger partial charge in [0.2, 0.25) is 5.91 Å². The molecule has 16 heavy (non-hydrogen) atoms. The molecule has 0 fully saturated rings. The number of thioether (sulfide) groups is 1. The largest absolute Gasteiger partial charge is 0.389 e. The van der Waals surface area contributed by atoms with Crippen LogP contribution in [0.15, 0.2) is 0 Å². The van der Waals surface area contributed by atoms with Gasteiger partial charge in [0.1, 0.15) is 0 Å². The van der Waals surface area contributed by atoms with Gasteiger partial charge >= 0.3 is 6.80 Å². The second kappa shape index (κ2) is 7.61. The Kier molecular flexibility index (Phi) is 7.76. The van der Waals surface area contributed by atoms with Crippen LogP contribution in [0, 0.1) is 0 Å². The van der Waals surface area contributed by atoms with Crippen LogP contribution in [-0.4, -0.2) is 37.0 Å². The van der Waals surface area contributed by atoms with E-state index in [4.69, 9.17) is 9.05 Å². The van der Waals surface area contributed by atoms with E-state index in [1.165, 1.54) is 26.0 Å². The third-order valence-corrected chi connectivity index (χ3v) is 7.86. The zero-order valence-electron chi connectivity index (χ0n) is 10.1. The zero-order chi connectivity index (χ0) is 12.8. The minimum absolute atomic E-state index is 0.0536. The van der Waals surface area contributed by atoms with Gasteiger partial charge in [0, 0.05) is 21.3 Å². The molecule has 0 bridgehead atoms. The van der Waals surface area contributed by atoms with Gasteiger partial charge in [0.25, 0.3) is 0 Å². The number of rotatable bonds is 7. The van der Waals surface area contributed by atoms with Crippen molar-refractivity contribution >= 4 is 35.8 Å². The summed E-state index contributed by atoms with van der Waals surface area (Å²) in [5, 5.41) is 2.36. The number of hydrogen-bond acceptors (Lipinski definition) is 6. The Morgan fingerprint density at radius 2 is 1.81 bits per heavy atom. The topological polar surface area (TPSA) is 64.6 Å². The molecule has 0 saturated carbocycles. The van der Waals surface area contributed by atoms with Crippen LogP contribution in [-0.2, 0) is 18.4 Å². The molecule has 0 aromatic carbocycles. The van der Waals surface area contributed by atoms with Crippen molar-refractivity contribution in [2.24, 2.45) is 0 Å². The van der Waals surface area contributed by atoms with Crippen LogP contribution in [0.4, 0.5) is 0 Å². The van der Waals surface area contributed by atoms with Crippen LogP contribution in [0.2, 0.25) is 0 Å². The molecule has 1 N–H and O–H groups in total. The van der Waals surface area contributed by atoms with Crippen LogP contribution in [0.3, 0.4) is 0 Å². The minimum Gasteiger partial charge on any atom is -0.358 e. The van der Waals surface area contributed by atoms with E-state index in [0.29, 0.717) is 0 Å². The maximum absolute atomic E-state index is 11.8. The van der Waals surface area contributed by atoms with Gasteiger partial charge < -0.3 is 14.4 Å². The van der Waals surface area contributed by atoms with Gasteiger partial charge in [-0.2, -0.15) is 0 Å². The monoisotopic (exact) mass is 287 g/mol. The van der Waals surface area contributed by atoms with E-state index in [0.717, 1.165) is 11.4 Å². The fraction of sp³-hybridized carbons (Fsp3) is 0.875. The average molecular weight is 287 g/mol. The van der Waals surface area contributed by atoms with Gasteiger partial charge in [-0.15, -0.1) is 11.8 Å². The predicted octanol–water partition coefficient (Wildman–Crippen LogP) is 2.33. The predicted molar refractivity (Wildman–Crippen MR) is 69.8 cm³/mol. The van der Waals surface area contributed by atoms with E-state index < -0.39 is 6.80 Å². The second-order valence-corrected chi connectivity index (χ2v) is 9.38. The normalized spacial score (nSPS) is 15.6. The summed E-state index contributed by atoms with van der Waals surface area (Å²) in [4.78, 5) is 11.3. The summed E-state index contributed by atoms with van der Waals surface area (Å²) < 4.78 is 21.3. The highest BCUT2D eigenvalue weighted by atomic mass is 32.7. The lowest BCUT2D eigenvalue weighted by Crippen LogP contribution is -2.28. The van der Waals surface area contributed by atoms with Gasteiger partial charge in [-0.05, 0) is 25.2 Å². The highest BCUT2D eigenvalue weighted by Gasteiger charge is 2.27. The van der Waals surface area contributed by atoms with Crippen molar-refractivity contribution in [3.05, 3.63) is 0 Å². The summed E-state index contributed by atoms with van der Waals surface area (Å²) in [5.41, 5.74) is 0. The molecule has 96 valence electrons. The molecule has 0 aromatic rings. The molecule has 0 aliphatic rings. The van der Waals surface area contributed by atoms with E-state index in [-0.39, 0.29) is 15.7 Å². The first kappa shape index (κ1) is 16.3. The molecule has 0 aliphatic carbocycles. The maximum Gasteiger partial charge on any atom is 0.389 e. The molecule has 0 heterocycles. The third kappa shape index (κ3) is 5.59. The van der Waals surface area contributed by atoms with Crippen LogP contribution in [0.1, 0.15) is 13.8 Å². The molecule has 0 radical (unpaired) electrons. The molecule has 0 aliphatic heterocycles. The molecule has 2 atom stereocenters.